The number of halogens is 1. The van der Waals surface area contributed by atoms with E-state index in [1.165, 1.54) is 11.3 Å². The summed E-state index contributed by atoms with van der Waals surface area (Å²) in [6, 6.07) is 0.263. The van der Waals surface area contributed by atoms with E-state index in [-0.39, 0.29) is 18.4 Å². The Morgan fingerprint density at radius 1 is 1.50 bits per heavy atom. The van der Waals surface area contributed by atoms with E-state index in [9.17, 15) is 8.42 Å². The van der Waals surface area contributed by atoms with Gasteiger partial charge in [0.05, 0.1) is 10.7 Å². The number of hydrogen-bond acceptors (Lipinski definition) is 5. The van der Waals surface area contributed by atoms with Crippen LogP contribution in [0.15, 0.2) is 4.21 Å². The summed E-state index contributed by atoms with van der Waals surface area (Å²) in [5.41, 5.74) is 0.583. The molecule has 1 aliphatic rings. The molecule has 0 radical (unpaired) electrons. The molecule has 1 unspecified atom stereocenters. The normalized spacial score (nSPS) is 19.8. The van der Waals surface area contributed by atoms with Crippen molar-refractivity contribution in [3.63, 3.8) is 0 Å². The van der Waals surface area contributed by atoms with Gasteiger partial charge in [0, 0.05) is 12.6 Å². The third-order valence-electron chi connectivity index (χ3n) is 2.79. The van der Waals surface area contributed by atoms with Gasteiger partial charge in [-0.1, -0.05) is 0 Å². The van der Waals surface area contributed by atoms with Gasteiger partial charge in [0.15, 0.2) is 4.21 Å². The molecule has 8 heteroatoms. The van der Waals surface area contributed by atoms with Gasteiger partial charge in [-0.25, -0.2) is 18.1 Å². The van der Waals surface area contributed by atoms with Gasteiger partial charge in [0.1, 0.15) is 0 Å². The van der Waals surface area contributed by atoms with Crippen molar-refractivity contribution >= 4 is 33.8 Å². The van der Waals surface area contributed by atoms with Crippen LogP contribution in [0.1, 0.15) is 23.5 Å². The number of sulfonamides is 1. The van der Waals surface area contributed by atoms with Gasteiger partial charge in [-0.2, -0.15) is 0 Å². The molecule has 0 aliphatic carbocycles. The zero-order valence-corrected chi connectivity index (χ0v) is 12.8. The molecule has 2 N–H and O–H groups in total. The first-order valence-corrected chi connectivity index (χ1v) is 7.96. The summed E-state index contributed by atoms with van der Waals surface area (Å²) in [4.78, 5) is 4.14. The molecule has 2 heterocycles. The Morgan fingerprint density at radius 3 is 2.72 bits per heavy atom. The third-order valence-corrected chi connectivity index (χ3v) is 5.89. The maximum atomic E-state index is 12.1. The molecule has 0 spiro atoms. The monoisotopic (exact) mass is 311 g/mol. The molecule has 1 fully saturated rings. The highest BCUT2D eigenvalue weighted by atomic mass is 35.5. The smallest absolute Gasteiger partial charge is 0.251 e. The van der Waals surface area contributed by atoms with Crippen LogP contribution in [0.25, 0.3) is 0 Å². The summed E-state index contributed by atoms with van der Waals surface area (Å²) in [6.45, 7) is 4.98. The second-order valence-corrected chi connectivity index (χ2v) is 7.42. The quantitative estimate of drug-likeness (QED) is 0.877. The van der Waals surface area contributed by atoms with E-state index in [0.717, 1.165) is 24.4 Å². The van der Waals surface area contributed by atoms with Crippen molar-refractivity contribution in [2.45, 2.75) is 36.9 Å². The Morgan fingerprint density at radius 2 is 2.22 bits per heavy atom. The molecule has 0 saturated carbocycles. The van der Waals surface area contributed by atoms with E-state index in [2.05, 4.69) is 15.0 Å². The average molecular weight is 312 g/mol. The van der Waals surface area contributed by atoms with Crippen molar-refractivity contribution in [1.82, 2.24) is 15.0 Å². The average Bonchev–Trinajstić information content (AvgIpc) is 2.85. The maximum Gasteiger partial charge on any atom is 0.251 e. The van der Waals surface area contributed by atoms with Crippen molar-refractivity contribution < 1.29 is 8.42 Å². The van der Waals surface area contributed by atoms with E-state index in [1.807, 2.05) is 6.92 Å². The summed E-state index contributed by atoms with van der Waals surface area (Å²) in [5.74, 6) is 0. The van der Waals surface area contributed by atoms with Crippen LogP contribution >= 0.6 is 23.7 Å². The molecule has 0 aromatic carbocycles. The first-order chi connectivity index (χ1) is 7.99. The molecule has 1 aromatic rings. The van der Waals surface area contributed by atoms with E-state index in [1.54, 1.807) is 6.92 Å². The zero-order chi connectivity index (χ0) is 12.5. The second kappa shape index (κ2) is 6.29. The van der Waals surface area contributed by atoms with Crippen LogP contribution in [-0.4, -0.2) is 32.5 Å². The van der Waals surface area contributed by atoms with Crippen LogP contribution in [0.3, 0.4) is 0 Å². The number of hydrogen-bond donors (Lipinski definition) is 2. The van der Waals surface area contributed by atoms with E-state index >= 15 is 0 Å². The highest BCUT2D eigenvalue weighted by Crippen LogP contribution is 2.22. The minimum absolute atomic E-state index is 0. The van der Waals surface area contributed by atoms with Gasteiger partial charge in [-0.3, -0.25) is 0 Å². The highest BCUT2D eigenvalue weighted by molar-refractivity contribution is 7.91. The Bertz CT molecular complexity index is 495. The molecule has 1 aliphatic heterocycles. The number of nitrogens with zero attached hydrogens (tertiary/aromatic N) is 1. The van der Waals surface area contributed by atoms with Crippen LogP contribution in [0.4, 0.5) is 0 Å². The fourth-order valence-corrected chi connectivity index (χ4v) is 4.58. The molecule has 2 rings (SSSR count). The van der Waals surface area contributed by atoms with Crippen LogP contribution < -0.4 is 10.0 Å². The van der Waals surface area contributed by atoms with Crippen LogP contribution in [0.5, 0.6) is 0 Å². The van der Waals surface area contributed by atoms with Gasteiger partial charge < -0.3 is 5.32 Å². The predicted molar refractivity (Wildman–Crippen MR) is 75.0 cm³/mol. The Kier molecular flexibility index (Phi) is 5.54. The standard InChI is InChI=1S/C10H17N3O2S2.ClH/c1-7-10(16-8(2)13-7)17(14,15)12-6-9-4-3-5-11-9;/h9,11-12H,3-6H2,1-2H3;1H. The largest absolute Gasteiger partial charge is 0.313 e. The van der Waals surface area contributed by atoms with Crippen molar-refractivity contribution in [1.29, 1.82) is 0 Å². The van der Waals surface area contributed by atoms with Gasteiger partial charge in [0.2, 0.25) is 0 Å². The number of rotatable bonds is 4. The zero-order valence-electron chi connectivity index (χ0n) is 10.4. The van der Waals surface area contributed by atoms with E-state index < -0.39 is 10.0 Å². The van der Waals surface area contributed by atoms with E-state index in [0.29, 0.717) is 16.4 Å². The lowest BCUT2D eigenvalue weighted by Gasteiger charge is -2.11. The molecule has 0 amide bonds. The lowest BCUT2D eigenvalue weighted by Crippen LogP contribution is -2.37. The minimum atomic E-state index is -3.39. The Hall–Kier alpha value is -0.210. The second-order valence-electron chi connectivity index (χ2n) is 4.25. The molecular weight excluding hydrogens is 294 g/mol. The van der Waals surface area contributed by atoms with Gasteiger partial charge in [0.25, 0.3) is 10.0 Å². The number of aromatic nitrogens is 1. The Labute approximate surface area is 118 Å². The van der Waals surface area contributed by atoms with Crippen molar-refractivity contribution in [3.05, 3.63) is 10.7 Å². The topological polar surface area (TPSA) is 71.1 Å². The maximum absolute atomic E-state index is 12.1. The summed E-state index contributed by atoms with van der Waals surface area (Å²) < 4.78 is 27.1. The van der Waals surface area contributed by atoms with Crippen LogP contribution in [0, 0.1) is 13.8 Å². The van der Waals surface area contributed by atoms with Crippen molar-refractivity contribution in [2.75, 3.05) is 13.1 Å². The molecule has 1 atom stereocenters. The first kappa shape index (κ1) is 15.8. The third kappa shape index (κ3) is 3.64. The number of nitrogens with one attached hydrogen (secondary N) is 2. The van der Waals surface area contributed by atoms with E-state index in [4.69, 9.17) is 0 Å². The first-order valence-electron chi connectivity index (χ1n) is 5.66. The lowest BCUT2D eigenvalue weighted by molar-refractivity contribution is 0.552. The summed E-state index contributed by atoms with van der Waals surface area (Å²) in [6.07, 6.45) is 2.15. The van der Waals surface area contributed by atoms with Crippen molar-refractivity contribution in [2.24, 2.45) is 0 Å². The molecule has 0 bridgehead atoms. The summed E-state index contributed by atoms with van der Waals surface area (Å²) in [7, 11) is -3.39. The fraction of sp³-hybridized carbons (Fsp3) is 0.700. The summed E-state index contributed by atoms with van der Waals surface area (Å²) in [5, 5.41) is 4.04. The molecule has 1 aromatic heterocycles. The summed E-state index contributed by atoms with van der Waals surface area (Å²) >= 11 is 1.22. The van der Waals surface area contributed by atoms with Crippen molar-refractivity contribution in [3.8, 4) is 0 Å². The lowest BCUT2D eigenvalue weighted by atomic mass is 10.2. The van der Waals surface area contributed by atoms with Crippen LogP contribution in [0.2, 0.25) is 0 Å². The van der Waals surface area contributed by atoms with Gasteiger partial charge in [-0.15, -0.1) is 23.7 Å². The van der Waals surface area contributed by atoms with Crippen LogP contribution in [-0.2, 0) is 10.0 Å². The molecule has 5 nitrogen and oxygen atoms in total. The molecular formula is C10H18ClN3O2S2. The van der Waals surface area contributed by atoms with Gasteiger partial charge in [-0.05, 0) is 33.2 Å². The SMILES string of the molecule is Cc1nc(C)c(S(=O)(=O)NCC2CCCN2)s1.Cl. The molecule has 1 saturated heterocycles. The predicted octanol–water partition coefficient (Wildman–Crippen LogP) is 1.21. The fourth-order valence-electron chi connectivity index (χ4n) is 1.97. The number of thiazole rings is 1. The molecule has 104 valence electrons. The minimum Gasteiger partial charge on any atom is -0.313 e. The molecule has 18 heavy (non-hydrogen) atoms. The highest BCUT2D eigenvalue weighted by Gasteiger charge is 2.23. The number of aryl methyl sites for hydroxylation is 2. The Balaban J connectivity index is 0.00000162. The van der Waals surface area contributed by atoms with Gasteiger partial charge >= 0.3 is 0 Å².